The molecule has 2 amide bonds. The van der Waals surface area contributed by atoms with Gasteiger partial charge in [0.15, 0.2) is 39.9 Å². The van der Waals surface area contributed by atoms with Gasteiger partial charge in [-0.1, -0.05) is 11.2 Å². The first-order valence-electron chi connectivity index (χ1n) is 10.7. The van der Waals surface area contributed by atoms with Crippen LogP contribution in [0.2, 0.25) is 0 Å². The number of pyridine rings is 1. The third-order valence-electron chi connectivity index (χ3n) is 5.19. The summed E-state index contributed by atoms with van der Waals surface area (Å²) in [6, 6.07) is 4.17. The van der Waals surface area contributed by atoms with E-state index in [0.29, 0.717) is 17.2 Å². The number of allylic oxidation sites excluding steroid dienone is 1. The highest BCUT2D eigenvalue weighted by molar-refractivity contribution is 8.03. The van der Waals surface area contributed by atoms with Crippen LogP contribution in [0.5, 0.6) is 0 Å². The Balaban J connectivity index is 0.000000482. The first-order chi connectivity index (χ1) is 18.7. The summed E-state index contributed by atoms with van der Waals surface area (Å²) in [7, 11) is -4.81. The number of hydrogen-bond acceptors (Lipinski definition) is 12. The van der Waals surface area contributed by atoms with E-state index in [1.165, 1.54) is 23.8 Å². The lowest BCUT2D eigenvalue weighted by molar-refractivity contribution is -0.687. The Morgan fingerprint density at radius 3 is 2.48 bits per heavy atom. The molecule has 4 rings (SSSR count). The van der Waals surface area contributed by atoms with Gasteiger partial charge >= 0.3 is 11.5 Å². The van der Waals surface area contributed by atoms with Gasteiger partial charge in [-0.3, -0.25) is 14.5 Å². The number of nitrogens with one attached hydrogen (secondary N) is 1. The molecule has 0 aliphatic carbocycles. The molecule has 1 fully saturated rings. The van der Waals surface area contributed by atoms with Crippen molar-refractivity contribution in [1.82, 2.24) is 15.2 Å². The van der Waals surface area contributed by atoms with E-state index in [9.17, 15) is 32.7 Å². The maximum absolute atomic E-state index is 12.9. The molecule has 0 aromatic carbocycles. The van der Waals surface area contributed by atoms with E-state index in [1.54, 1.807) is 5.38 Å². The molecular formula is C20H19F3N6O8S3. The smallest absolute Gasteiger partial charge is 0.485 e. The van der Waals surface area contributed by atoms with Gasteiger partial charge in [-0.05, 0) is 0 Å². The number of carbonyl (C=O) groups is 3. The first-order valence-corrected chi connectivity index (χ1v) is 13.9. The molecule has 1 saturated heterocycles. The van der Waals surface area contributed by atoms with Crippen LogP contribution >= 0.6 is 23.1 Å². The van der Waals surface area contributed by atoms with Crippen LogP contribution in [0.1, 0.15) is 5.69 Å². The van der Waals surface area contributed by atoms with Crippen LogP contribution in [-0.2, 0) is 35.9 Å². The Morgan fingerprint density at radius 2 is 1.98 bits per heavy atom. The van der Waals surface area contributed by atoms with E-state index < -0.39 is 45.5 Å². The lowest BCUT2D eigenvalue weighted by atomic mass is 9.94. The highest BCUT2D eigenvalue weighted by atomic mass is 32.2. The van der Waals surface area contributed by atoms with E-state index in [1.807, 2.05) is 35.2 Å². The number of hydrogen-bond donors (Lipinski definition) is 3. The fourth-order valence-electron chi connectivity index (χ4n) is 3.49. The number of aliphatic carboxylic acids is 1. The molecule has 4 N–H and O–H groups in total. The molecular weight excluding hydrogens is 605 g/mol. The van der Waals surface area contributed by atoms with Crippen molar-refractivity contribution in [2.24, 2.45) is 5.16 Å². The Hall–Kier alpha value is -3.75. The number of alkyl halides is 3. The molecule has 14 nitrogen and oxygen atoms in total. The Kier molecular flexibility index (Phi) is 9.38. The van der Waals surface area contributed by atoms with Gasteiger partial charge in [-0.15, -0.1) is 23.1 Å². The maximum atomic E-state index is 12.9. The number of nitrogens with zero attached hydrogens (tertiary/aromatic N) is 4. The monoisotopic (exact) mass is 624 g/mol. The number of amides is 2. The summed E-state index contributed by atoms with van der Waals surface area (Å²) in [5.41, 5.74) is 0.0254. The molecule has 0 radical (unpaired) electrons. The number of carboxylic acids is 1. The molecule has 2 aliphatic heterocycles. The fourth-order valence-corrected chi connectivity index (χ4v) is 5.31. The Morgan fingerprint density at radius 1 is 1.35 bits per heavy atom. The minimum Gasteiger partial charge on any atom is -0.741 e. The third-order valence-corrected chi connectivity index (χ3v) is 7.61. The van der Waals surface area contributed by atoms with Gasteiger partial charge < -0.3 is 25.5 Å². The zero-order chi connectivity index (χ0) is 29.8. The number of thioether (sulfide) groups is 1. The van der Waals surface area contributed by atoms with E-state index in [0.717, 1.165) is 11.3 Å². The average molecular weight is 625 g/mol. The normalized spacial score (nSPS) is 19.2. The molecule has 0 bridgehead atoms. The van der Waals surface area contributed by atoms with Gasteiger partial charge in [0.2, 0.25) is 0 Å². The number of aromatic nitrogens is 2. The zero-order valence-electron chi connectivity index (χ0n) is 20.1. The van der Waals surface area contributed by atoms with Crippen LogP contribution in [0, 0.1) is 0 Å². The number of fused-ring (bicyclic) bond motifs is 1. The van der Waals surface area contributed by atoms with Crippen molar-refractivity contribution >= 4 is 61.8 Å². The largest absolute Gasteiger partial charge is 0.741 e. The van der Waals surface area contributed by atoms with Gasteiger partial charge in [0.1, 0.15) is 24.5 Å². The van der Waals surface area contributed by atoms with Crippen LogP contribution < -0.4 is 15.6 Å². The summed E-state index contributed by atoms with van der Waals surface area (Å²) in [5.74, 6) is -1.90. The minimum absolute atomic E-state index is 0.0591. The van der Waals surface area contributed by atoms with Crippen molar-refractivity contribution in [3.05, 3.63) is 52.3 Å². The molecule has 20 heteroatoms. The van der Waals surface area contributed by atoms with Crippen LogP contribution in [0.25, 0.3) is 0 Å². The number of anilines is 1. The molecule has 2 atom stereocenters. The zero-order valence-corrected chi connectivity index (χ0v) is 22.5. The number of rotatable bonds is 7. The van der Waals surface area contributed by atoms with Gasteiger partial charge in [-0.25, -0.2) is 22.8 Å². The number of halogens is 3. The van der Waals surface area contributed by atoms with Crippen molar-refractivity contribution in [3.63, 3.8) is 0 Å². The van der Waals surface area contributed by atoms with Gasteiger partial charge in [0.05, 0.1) is 10.9 Å². The van der Waals surface area contributed by atoms with Crippen molar-refractivity contribution < 1.29 is 55.0 Å². The van der Waals surface area contributed by atoms with E-state index in [-0.39, 0.29) is 22.2 Å². The number of carboxylic acid groups (broad SMARTS) is 1. The van der Waals surface area contributed by atoms with Gasteiger partial charge in [0.25, 0.3) is 11.8 Å². The summed E-state index contributed by atoms with van der Waals surface area (Å²) in [6.45, 7) is 0.330. The van der Waals surface area contributed by atoms with Crippen LogP contribution in [-0.4, -0.2) is 81.9 Å². The standard InChI is InChI=1S/C19H18N6O5S2.CHF3O3S/c1-30-23-13(10-8-32-19(20)21-10)16(26)22-14-11-9-31-12(7-24-5-3-2-4-6-24)15(18(28)29)25(11)17(14)27;2-1(3,4)8(5,6)7/h2-6,8,11,14H,7,9H2,1H3,(H3-,20,21,22,26,28,29);(H,5,6,7). The van der Waals surface area contributed by atoms with Crippen molar-refractivity contribution in [2.45, 2.75) is 24.1 Å². The number of nitrogens with two attached hydrogens (primary N) is 1. The first kappa shape index (κ1) is 30.8. The molecule has 2 unspecified atom stereocenters. The molecule has 0 saturated carbocycles. The molecule has 0 spiro atoms. The second-order valence-electron chi connectivity index (χ2n) is 7.76. The van der Waals surface area contributed by atoms with Gasteiger partial charge in [-0.2, -0.15) is 13.2 Å². The van der Waals surface area contributed by atoms with E-state index in [2.05, 4.69) is 15.5 Å². The number of oxime groups is 1. The number of thiazole rings is 1. The molecule has 40 heavy (non-hydrogen) atoms. The summed E-state index contributed by atoms with van der Waals surface area (Å²) >= 11 is 2.50. The van der Waals surface area contributed by atoms with Crippen LogP contribution in [0.3, 0.4) is 0 Å². The van der Waals surface area contributed by atoms with Crippen LogP contribution in [0.15, 0.2) is 51.7 Å². The molecule has 216 valence electrons. The summed E-state index contributed by atoms with van der Waals surface area (Å²) < 4.78 is 60.7. The minimum atomic E-state index is -6.09. The highest BCUT2D eigenvalue weighted by Crippen LogP contribution is 2.39. The summed E-state index contributed by atoms with van der Waals surface area (Å²) in [6.07, 6.45) is 3.64. The molecule has 4 heterocycles. The topological polar surface area (TPSA) is 208 Å². The van der Waals surface area contributed by atoms with Crippen molar-refractivity contribution in [1.29, 1.82) is 0 Å². The SMILES string of the molecule is CON=C(C(=O)NC1C(=O)N2C(C(=O)O)=C(C[n+]3ccccc3)SCC12)c1csc(N)n1.O=S(=O)([O-])C(F)(F)F. The summed E-state index contributed by atoms with van der Waals surface area (Å²) in [5, 5.41) is 17.9. The fraction of sp³-hybridized carbons (Fsp3) is 0.300. The molecule has 2 aliphatic rings. The average Bonchev–Trinajstić information content (AvgIpc) is 3.30. The summed E-state index contributed by atoms with van der Waals surface area (Å²) in [4.78, 5) is 48.2. The number of carbonyl (C=O) groups excluding carboxylic acids is 2. The lowest BCUT2D eigenvalue weighted by Gasteiger charge is -2.49. The Labute approximate surface area is 232 Å². The highest BCUT2D eigenvalue weighted by Gasteiger charge is 2.54. The second kappa shape index (κ2) is 12.2. The lowest BCUT2D eigenvalue weighted by Crippen LogP contribution is -2.73. The van der Waals surface area contributed by atoms with Crippen LogP contribution in [0.4, 0.5) is 18.3 Å². The molecule has 2 aromatic heterocycles. The quantitative estimate of drug-likeness (QED) is 0.0922. The molecule has 2 aromatic rings. The predicted octanol–water partition coefficient (Wildman–Crippen LogP) is -0.146. The third kappa shape index (κ3) is 6.87. The van der Waals surface area contributed by atoms with Crippen molar-refractivity contribution in [2.75, 3.05) is 18.6 Å². The van der Waals surface area contributed by atoms with Gasteiger partial charge in [0, 0.05) is 23.3 Å². The Bertz CT molecular complexity index is 1460. The predicted molar refractivity (Wildman–Crippen MR) is 132 cm³/mol. The second-order valence-corrected chi connectivity index (χ2v) is 11.1. The van der Waals surface area contributed by atoms with Crippen molar-refractivity contribution in [3.8, 4) is 0 Å². The number of nitrogen functional groups attached to an aromatic ring is 1. The maximum Gasteiger partial charge on any atom is 0.485 e. The number of β-lactam (4-membered cyclic amide) rings is 1. The van der Waals surface area contributed by atoms with E-state index in [4.69, 9.17) is 23.5 Å². The van der Waals surface area contributed by atoms with E-state index >= 15 is 0 Å².